The molecule has 96 valence electrons. The molecule has 0 amide bonds. The molecule has 2 aromatic rings. The molecular weight excluding hydrogens is 250 g/mol. The van der Waals surface area contributed by atoms with Gasteiger partial charge < -0.3 is 5.32 Å². The van der Waals surface area contributed by atoms with Crippen molar-refractivity contribution in [1.82, 2.24) is 5.32 Å². The van der Waals surface area contributed by atoms with Gasteiger partial charge in [0.25, 0.3) is 0 Å². The largest absolute Gasteiger partial charge is 0.306 e. The van der Waals surface area contributed by atoms with Gasteiger partial charge in [0.2, 0.25) is 0 Å². The highest BCUT2D eigenvalue weighted by atomic mass is 32.2. The molecule has 0 spiro atoms. The molecule has 0 fully saturated rings. The van der Waals surface area contributed by atoms with Crippen molar-refractivity contribution in [2.75, 3.05) is 0 Å². The fourth-order valence-corrected chi connectivity index (χ4v) is 4.61. The van der Waals surface area contributed by atoms with E-state index < -0.39 is 0 Å². The fourth-order valence-electron chi connectivity index (χ4n) is 3.24. The van der Waals surface area contributed by atoms with Gasteiger partial charge in [-0.1, -0.05) is 42.5 Å². The minimum absolute atomic E-state index is 0.544. The highest BCUT2D eigenvalue weighted by molar-refractivity contribution is 8.00. The summed E-state index contributed by atoms with van der Waals surface area (Å²) in [6.45, 7) is 1.03. The van der Waals surface area contributed by atoms with E-state index in [1.807, 2.05) is 0 Å². The second kappa shape index (κ2) is 4.69. The highest BCUT2D eigenvalue weighted by Crippen LogP contribution is 2.41. The van der Waals surface area contributed by atoms with E-state index in [2.05, 4.69) is 65.6 Å². The Morgan fingerprint density at radius 1 is 1.00 bits per heavy atom. The Morgan fingerprint density at radius 2 is 1.79 bits per heavy atom. The Bertz CT molecular complexity index is 583. The summed E-state index contributed by atoms with van der Waals surface area (Å²) >= 11 is 2.06. The fraction of sp³-hybridized carbons (Fsp3) is 0.294. The van der Waals surface area contributed by atoms with E-state index in [9.17, 15) is 0 Å². The smallest absolute Gasteiger partial charge is 0.0337 e. The van der Waals surface area contributed by atoms with Gasteiger partial charge in [-0.15, -0.1) is 11.8 Å². The third kappa shape index (κ3) is 2.09. The van der Waals surface area contributed by atoms with E-state index >= 15 is 0 Å². The maximum absolute atomic E-state index is 3.66. The summed E-state index contributed by atoms with van der Waals surface area (Å²) in [6, 6.07) is 18.2. The van der Waals surface area contributed by atoms with Gasteiger partial charge in [0.05, 0.1) is 0 Å². The Labute approximate surface area is 118 Å². The highest BCUT2D eigenvalue weighted by Gasteiger charge is 2.28. The minimum atomic E-state index is 0.544. The SMILES string of the molecule is c1ccc2c(c1)CC(CC1NCc3ccccc31)S2. The van der Waals surface area contributed by atoms with Crippen LogP contribution in [0.3, 0.4) is 0 Å². The van der Waals surface area contributed by atoms with Gasteiger partial charge >= 0.3 is 0 Å². The molecular formula is C17H17NS. The summed E-state index contributed by atoms with van der Waals surface area (Å²) in [5.41, 5.74) is 4.52. The molecule has 2 unspecified atom stereocenters. The molecule has 19 heavy (non-hydrogen) atoms. The number of thioether (sulfide) groups is 1. The third-order valence-corrected chi connectivity index (χ3v) is 5.53. The lowest BCUT2D eigenvalue weighted by Gasteiger charge is -2.16. The zero-order chi connectivity index (χ0) is 12.7. The first kappa shape index (κ1) is 11.6. The standard InChI is InChI=1S/C17H17NS/c1-3-7-15-13(6-1)11-18-16(15)10-14-9-12-5-2-4-8-17(12)19-14/h1-8,14,16,18H,9-11H2. The predicted molar refractivity (Wildman–Crippen MR) is 80.4 cm³/mol. The maximum atomic E-state index is 3.66. The summed E-state index contributed by atoms with van der Waals surface area (Å²) in [5, 5.41) is 4.39. The lowest BCUT2D eigenvalue weighted by Crippen LogP contribution is -2.17. The average molecular weight is 267 g/mol. The monoisotopic (exact) mass is 267 g/mol. The summed E-state index contributed by atoms with van der Waals surface area (Å²) in [4.78, 5) is 1.48. The molecule has 2 aliphatic rings. The van der Waals surface area contributed by atoms with Crippen LogP contribution in [0.2, 0.25) is 0 Å². The van der Waals surface area contributed by atoms with Crippen LogP contribution in [0.25, 0.3) is 0 Å². The maximum Gasteiger partial charge on any atom is 0.0337 e. The first-order valence-corrected chi connectivity index (χ1v) is 7.84. The molecule has 0 aromatic heterocycles. The lowest BCUT2D eigenvalue weighted by atomic mass is 9.99. The van der Waals surface area contributed by atoms with Crippen LogP contribution in [0.15, 0.2) is 53.4 Å². The van der Waals surface area contributed by atoms with Crippen LogP contribution in [0.5, 0.6) is 0 Å². The van der Waals surface area contributed by atoms with Crippen LogP contribution in [0.1, 0.15) is 29.2 Å². The van der Waals surface area contributed by atoms with Crippen LogP contribution in [-0.4, -0.2) is 5.25 Å². The molecule has 0 bridgehead atoms. The molecule has 0 saturated heterocycles. The van der Waals surface area contributed by atoms with Crippen molar-refractivity contribution in [2.45, 2.75) is 35.6 Å². The molecule has 1 N–H and O–H groups in total. The van der Waals surface area contributed by atoms with Crippen molar-refractivity contribution in [1.29, 1.82) is 0 Å². The van der Waals surface area contributed by atoms with Crippen molar-refractivity contribution in [3.63, 3.8) is 0 Å². The van der Waals surface area contributed by atoms with E-state index in [1.165, 1.54) is 34.4 Å². The van der Waals surface area contributed by atoms with E-state index in [0.29, 0.717) is 6.04 Å². The number of hydrogen-bond acceptors (Lipinski definition) is 2. The zero-order valence-corrected chi connectivity index (χ0v) is 11.6. The minimum Gasteiger partial charge on any atom is -0.306 e. The molecule has 2 atom stereocenters. The van der Waals surface area contributed by atoms with Crippen LogP contribution in [0, 0.1) is 0 Å². The molecule has 2 heteroatoms. The second-order valence-corrected chi connectivity index (χ2v) is 6.76. The molecule has 0 aliphatic carbocycles. The van der Waals surface area contributed by atoms with E-state index in [1.54, 1.807) is 0 Å². The van der Waals surface area contributed by atoms with Gasteiger partial charge in [-0.2, -0.15) is 0 Å². The van der Waals surface area contributed by atoms with Gasteiger partial charge in [-0.05, 0) is 35.6 Å². The molecule has 2 aromatic carbocycles. The number of rotatable bonds is 2. The average Bonchev–Trinajstić information content (AvgIpc) is 3.03. The van der Waals surface area contributed by atoms with E-state index in [0.717, 1.165) is 11.8 Å². The lowest BCUT2D eigenvalue weighted by molar-refractivity contribution is 0.532. The van der Waals surface area contributed by atoms with Gasteiger partial charge in [0.15, 0.2) is 0 Å². The normalized spacial score (nSPS) is 24.2. The van der Waals surface area contributed by atoms with E-state index in [-0.39, 0.29) is 0 Å². The zero-order valence-electron chi connectivity index (χ0n) is 10.8. The summed E-state index contributed by atoms with van der Waals surface area (Å²) in [6.07, 6.45) is 2.46. The Hall–Kier alpha value is -1.25. The Morgan fingerprint density at radius 3 is 2.68 bits per heavy atom. The molecule has 0 radical (unpaired) electrons. The van der Waals surface area contributed by atoms with Crippen molar-refractivity contribution >= 4 is 11.8 Å². The Kier molecular flexibility index (Phi) is 2.86. The summed E-state index contributed by atoms with van der Waals surface area (Å²) < 4.78 is 0. The number of benzene rings is 2. The number of hydrogen-bond donors (Lipinski definition) is 1. The van der Waals surface area contributed by atoms with Crippen molar-refractivity contribution in [3.05, 3.63) is 65.2 Å². The predicted octanol–water partition coefficient (Wildman–Crippen LogP) is 3.94. The van der Waals surface area contributed by atoms with Gasteiger partial charge in [-0.25, -0.2) is 0 Å². The van der Waals surface area contributed by atoms with Crippen molar-refractivity contribution < 1.29 is 0 Å². The summed E-state index contributed by atoms with van der Waals surface area (Å²) in [7, 11) is 0. The van der Waals surface area contributed by atoms with Crippen molar-refractivity contribution in [2.24, 2.45) is 0 Å². The molecule has 0 saturated carbocycles. The number of nitrogens with one attached hydrogen (secondary N) is 1. The van der Waals surface area contributed by atoms with Crippen LogP contribution >= 0.6 is 11.8 Å². The van der Waals surface area contributed by atoms with Crippen LogP contribution < -0.4 is 5.32 Å². The van der Waals surface area contributed by atoms with Crippen molar-refractivity contribution in [3.8, 4) is 0 Å². The first-order valence-electron chi connectivity index (χ1n) is 6.96. The summed E-state index contributed by atoms with van der Waals surface area (Å²) in [5.74, 6) is 0. The van der Waals surface area contributed by atoms with Crippen LogP contribution in [0.4, 0.5) is 0 Å². The number of fused-ring (bicyclic) bond motifs is 2. The quantitative estimate of drug-likeness (QED) is 0.884. The van der Waals surface area contributed by atoms with Gasteiger partial charge in [0, 0.05) is 22.7 Å². The molecule has 1 nitrogen and oxygen atoms in total. The topological polar surface area (TPSA) is 12.0 Å². The van der Waals surface area contributed by atoms with Gasteiger partial charge in [0.1, 0.15) is 0 Å². The molecule has 4 rings (SSSR count). The first-order chi connectivity index (χ1) is 9.40. The third-order valence-electron chi connectivity index (χ3n) is 4.18. The van der Waals surface area contributed by atoms with Crippen LogP contribution in [-0.2, 0) is 13.0 Å². The molecule has 2 aliphatic heterocycles. The van der Waals surface area contributed by atoms with Gasteiger partial charge in [-0.3, -0.25) is 0 Å². The Balaban J connectivity index is 1.50. The molecule has 2 heterocycles. The van der Waals surface area contributed by atoms with E-state index in [4.69, 9.17) is 0 Å². The second-order valence-electron chi connectivity index (χ2n) is 5.42.